The Hall–Kier alpha value is 2.62. The quantitative estimate of drug-likeness (QED) is 0.373. The van der Waals surface area contributed by atoms with Gasteiger partial charge in [0.1, 0.15) is 0 Å². The van der Waals surface area contributed by atoms with Gasteiger partial charge < -0.3 is 0 Å². The van der Waals surface area contributed by atoms with Gasteiger partial charge in [-0.1, -0.05) is 0 Å². The van der Waals surface area contributed by atoms with Crippen molar-refractivity contribution in [3.63, 3.8) is 0 Å². The second-order valence-electron chi connectivity index (χ2n) is 0.533. The molecule has 0 amide bonds. The van der Waals surface area contributed by atoms with Gasteiger partial charge in [0.2, 0.25) is 0 Å². The van der Waals surface area contributed by atoms with Crippen molar-refractivity contribution in [3.05, 3.63) is 8.17 Å². The number of hydrogen-bond acceptors (Lipinski definition) is 0. The minimum absolute atomic E-state index is 0. The Morgan fingerprint density at radius 2 is 1.50 bits per heavy atom. The second-order valence-corrected chi connectivity index (χ2v) is 31.0. The van der Waals surface area contributed by atoms with Gasteiger partial charge in [0.15, 0.2) is 0 Å². The van der Waals surface area contributed by atoms with Crippen LogP contribution in [0.4, 0.5) is 0 Å². The van der Waals surface area contributed by atoms with Crippen molar-refractivity contribution in [1.82, 2.24) is 0 Å². The first kappa shape index (κ1) is 8.62. The zero-order valence-corrected chi connectivity index (χ0v) is 12.0. The van der Waals surface area contributed by atoms with Gasteiger partial charge in [-0.05, 0) is 0 Å². The maximum atomic E-state index is 2.48. The molecule has 0 spiro atoms. The van der Waals surface area contributed by atoms with E-state index in [1.54, 1.807) is 0 Å². The summed E-state index contributed by atoms with van der Waals surface area (Å²) in [5.74, 6) is 0. The van der Waals surface area contributed by atoms with Crippen LogP contribution in [0.5, 0.6) is 0 Å². The number of halogens is 3. The molecule has 1 heterocycles. The molecule has 44 valence electrons. The molecule has 4 heteroatoms. The van der Waals surface area contributed by atoms with E-state index in [-0.39, 0.29) is 21.1 Å². The molecule has 0 aromatic rings. The van der Waals surface area contributed by atoms with Gasteiger partial charge in [-0.15, -0.1) is 0 Å². The molecule has 1 rings (SSSR count). The SMILES string of the molecule is C1=C[IH][IH][IH]1.[Pt]. The second kappa shape index (κ2) is 5.75. The Morgan fingerprint density at radius 1 is 1.00 bits per heavy atom. The first-order chi connectivity index (χ1) is 2.50. The van der Waals surface area contributed by atoms with Crippen LogP contribution in [-0.2, 0) is 21.1 Å². The molecule has 0 nitrogen and oxygen atoms in total. The molecule has 0 N–H and O–H groups in total. The van der Waals surface area contributed by atoms with Crippen LogP contribution < -0.4 is 0 Å². The fraction of sp³-hybridized carbons (Fsp3) is 0. The third kappa shape index (κ3) is 3.60. The Bertz CT molecular complexity index is 46.8. The molecule has 0 bridgehead atoms. The van der Waals surface area contributed by atoms with Crippen LogP contribution in [0.25, 0.3) is 0 Å². The van der Waals surface area contributed by atoms with Gasteiger partial charge >= 0.3 is 55.9 Å². The molecule has 0 saturated heterocycles. The molecule has 1 aliphatic rings. The van der Waals surface area contributed by atoms with Crippen molar-refractivity contribution in [2.24, 2.45) is 0 Å². The predicted octanol–water partition coefficient (Wildman–Crippen LogP) is 2.41. The van der Waals surface area contributed by atoms with Gasteiger partial charge in [0, 0.05) is 21.1 Å². The largest absolute Gasteiger partial charge is 0 e. The summed E-state index contributed by atoms with van der Waals surface area (Å²) in [5.41, 5.74) is 0. The Kier molecular flexibility index (Phi) is 8.26. The summed E-state index contributed by atoms with van der Waals surface area (Å²) in [4.78, 5) is 0. The van der Waals surface area contributed by atoms with Gasteiger partial charge in [-0.3, -0.25) is 0 Å². The van der Waals surface area contributed by atoms with Crippen molar-refractivity contribution in [1.29, 1.82) is 0 Å². The minimum Gasteiger partial charge on any atom is 0 e. The molecule has 0 aromatic carbocycles. The average Bonchev–Trinajstić information content (AvgIpc) is 1.76. The van der Waals surface area contributed by atoms with E-state index in [9.17, 15) is 0 Å². The fourth-order valence-corrected chi connectivity index (χ4v) is 34.2. The van der Waals surface area contributed by atoms with E-state index in [1.165, 1.54) is 0 Å². The maximum Gasteiger partial charge on any atom is 0 e. The van der Waals surface area contributed by atoms with Gasteiger partial charge in [0.25, 0.3) is 0 Å². The number of rotatable bonds is 0. The summed E-state index contributed by atoms with van der Waals surface area (Å²) in [5, 5.41) is 0. The Morgan fingerprint density at radius 3 is 1.67 bits per heavy atom. The summed E-state index contributed by atoms with van der Waals surface area (Å²) in [6, 6.07) is 0. The van der Waals surface area contributed by atoms with Crippen LogP contribution in [0.2, 0.25) is 0 Å². The normalized spacial score (nSPS) is 21.3. The van der Waals surface area contributed by atoms with Crippen molar-refractivity contribution in [3.8, 4) is 0 Å². The van der Waals surface area contributed by atoms with E-state index in [1.807, 2.05) is 0 Å². The molecule has 0 aromatic heterocycles. The van der Waals surface area contributed by atoms with Crippen LogP contribution in [0.1, 0.15) is 0 Å². The van der Waals surface area contributed by atoms with Crippen molar-refractivity contribution in [2.75, 3.05) is 0 Å². The number of hydrogen-bond donors (Lipinski definition) is 0. The van der Waals surface area contributed by atoms with E-state index >= 15 is 0 Å². The first-order valence-corrected chi connectivity index (χ1v) is 18.5. The molecule has 6 heavy (non-hydrogen) atoms. The monoisotopic (exact) mass is 605 g/mol. The third-order valence-corrected chi connectivity index (χ3v) is 31.2. The predicted molar refractivity (Wildman–Crippen MR) is 55.4 cm³/mol. The smallest absolute Gasteiger partial charge is 0 e. The molecule has 0 aliphatic carbocycles. The van der Waals surface area contributed by atoms with Crippen molar-refractivity contribution < 1.29 is 21.1 Å². The van der Waals surface area contributed by atoms with E-state index in [2.05, 4.69) is 8.17 Å². The van der Waals surface area contributed by atoms with E-state index < -0.39 is 0 Å². The van der Waals surface area contributed by atoms with Crippen LogP contribution in [-0.4, -0.2) is 0 Å². The standard InChI is InChI=1S/C2H5I3.Pt/c1-2-4-5-3-1;/h1-5H;. The average molecular weight is 605 g/mol. The first-order valence-electron chi connectivity index (χ1n) is 1.14. The minimum atomic E-state index is 0. The molecule has 1 aliphatic heterocycles. The summed E-state index contributed by atoms with van der Waals surface area (Å²) < 4.78 is 4.96. The fourth-order valence-electron chi connectivity index (χ4n) is 0.113. The summed E-state index contributed by atoms with van der Waals surface area (Å²) >= 11 is 1.98. The Labute approximate surface area is 75.0 Å². The Balaban J connectivity index is 0.000000250. The van der Waals surface area contributed by atoms with Crippen molar-refractivity contribution in [2.45, 2.75) is 0 Å². The molecule has 0 unspecified atom stereocenters. The van der Waals surface area contributed by atoms with Gasteiger partial charge in [-0.25, -0.2) is 0 Å². The molecular formula is C2H5I3Pt. The molecule has 0 atom stereocenters. The van der Waals surface area contributed by atoms with E-state index in [4.69, 9.17) is 0 Å². The summed E-state index contributed by atoms with van der Waals surface area (Å²) in [6.45, 7) is 0. The topological polar surface area (TPSA) is 0 Å². The maximum absolute atomic E-state index is 2.48. The zero-order chi connectivity index (χ0) is 3.54. The van der Waals surface area contributed by atoms with E-state index in [0.717, 1.165) is 13.3 Å². The summed E-state index contributed by atoms with van der Waals surface area (Å²) in [7, 11) is 0. The van der Waals surface area contributed by atoms with Crippen LogP contribution in [0.15, 0.2) is 8.17 Å². The van der Waals surface area contributed by atoms with Gasteiger partial charge in [-0.2, -0.15) is 0 Å². The van der Waals surface area contributed by atoms with Crippen LogP contribution in [0.3, 0.4) is 0 Å². The third-order valence-electron chi connectivity index (χ3n) is 0.245. The zero-order valence-electron chi connectivity index (χ0n) is 2.70. The molecule has 0 radical (unpaired) electrons. The van der Waals surface area contributed by atoms with Crippen molar-refractivity contribution >= 4 is 47.7 Å². The molecule has 0 saturated carbocycles. The van der Waals surface area contributed by atoms with E-state index in [0.29, 0.717) is 34.5 Å². The molecule has 0 fully saturated rings. The van der Waals surface area contributed by atoms with Crippen LogP contribution >= 0.6 is 47.7 Å². The molecular weight excluding hydrogens is 600 g/mol. The summed E-state index contributed by atoms with van der Waals surface area (Å²) in [6.07, 6.45) is 0. The van der Waals surface area contributed by atoms with Gasteiger partial charge in [0.05, 0.1) is 0 Å². The van der Waals surface area contributed by atoms with Crippen LogP contribution in [0, 0.1) is 0 Å².